The number of anilines is 8. The maximum atomic E-state index is 3.63. The van der Waals surface area contributed by atoms with Gasteiger partial charge in [0, 0.05) is 78.2 Å². The molecule has 3 nitrogen and oxygen atoms in total. The molecule has 0 bridgehead atoms. The molecule has 75 heavy (non-hydrogen) atoms. The first kappa shape index (κ1) is 53.6. The summed E-state index contributed by atoms with van der Waals surface area (Å²) < 4.78 is 3.42. The van der Waals surface area contributed by atoms with Crippen LogP contribution < -0.4 is 15.1 Å². The van der Waals surface area contributed by atoms with Crippen LogP contribution in [0.5, 0.6) is 0 Å². The van der Waals surface area contributed by atoms with Crippen molar-refractivity contribution < 1.29 is 0 Å². The molecule has 0 atom stereocenters. The Hall–Kier alpha value is -6.18. The first-order valence-electron chi connectivity index (χ1n) is 27.0. The molecule has 0 aliphatic carbocycles. The highest BCUT2D eigenvalue weighted by Gasteiger charge is 2.25. The van der Waals surface area contributed by atoms with E-state index < -0.39 is 0 Å². The van der Waals surface area contributed by atoms with Crippen molar-refractivity contribution in [2.24, 2.45) is 0 Å². The number of aryl methyl sites for hydroxylation is 3. The number of benzene rings is 9. The average Bonchev–Trinajstić information content (AvgIpc) is 3.45. The summed E-state index contributed by atoms with van der Waals surface area (Å²) in [6.45, 7) is 6.71. The predicted octanol–water partition coefficient (Wildman–Crippen LogP) is 21.5. The largest absolute Gasteiger partial charge is 0.355 e. The Labute approximate surface area is 472 Å². The maximum Gasteiger partial charge on any atom is 0.0497 e. The lowest BCUT2D eigenvalue weighted by atomic mass is 9.95. The monoisotopic (exact) mass is 1180 g/mol. The number of rotatable bonds is 11. The molecular formula is C69H68Br3N3. The van der Waals surface area contributed by atoms with E-state index in [1.807, 2.05) is 0 Å². The van der Waals surface area contributed by atoms with Gasteiger partial charge >= 0.3 is 0 Å². The van der Waals surface area contributed by atoms with Gasteiger partial charge in [0.25, 0.3) is 0 Å². The van der Waals surface area contributed by atoms with E-state index in [2.05, 4.69) is 290 Å². The zero-order valence-corrected chi connectivity index (χ0v) is 48.4. The molecule has 12 rings (SSSR count). The third kappa shape index (κ3) is 13.8. The van der Waals surface area contributed by atoms with Gasteiger partial charge in [0.15, 0.2) is 0 Å². The van der Waals surface area contributed by atoms with Crippen LogP contribution in [0.1, 0.15) is 109 Å². The van der Waals surface area contributed by atoms with Gasteiger partial charge in [0.1, 0.15) is 0 Å². The van der Waals surface area contributed by atoms with Crippen molar-refractivity contribution in [3.8, 4) is 0 Å². The van der Waals surface area contributed by atoms with E-state index >= 15 is 0 Å². The molecule has 0 radical (unpaired) electrons. The van der Waals surface area contributed by atoms with Crippen LogP contribution in [0.15, 0.2) is 220 Å². The van der Waals surface area contributed by atoms with Crippen molar-refractivity contribution in [1.82, 2.24) is 0 Å². The number of unbranched alkanes of at least 4 members (excludes halogenated alkanes) is 3. The van der Waals surface area contributed by atoms with Gasteiger partial charge in [0.05, 0.1) is 0 Å². The van der Waals surface area contributed by atoms with Gasteiger partial charge in [-0.2, -0.15) is 0 Å². The van der Waals surface area contributed by atoms with E-state index in [4.69, 9.17) is 0 Å². The van der Waals surface area contributed by atoms with Gasteiger partial charge in [-0.1, -0.05) is 197 Å². The lowest BCUT2D eigenvalue weighted by molar-refractivity contribution is 0.795. The molecule has 9 aromatic carbocycles. The molecule has 1 N–H and O–H groups in total. The molecule has 3 aliphatic heterocycles. The average molecular weight is 1180 g/mol. The van der Waals surface area contributed by atoms with Crippen molar-refractivity contribution in [1.29, 1.82) is 0 Å². The molecule has 0 saturated carbocycles. The van der Waals surface area contributed by atoms with Crippen molar-refractivity contribution in [3.63, 3.8) is 0 Å². The van der Waals surface area contributed by atoms with Gasteiger partial charge < -0.3 is 15.1 Å². The molecule has 0 spiro atoms. The third-order valence-electron chi connectivity index (χ3n) is 14.2. The molecule has 0 amide bonds. The zero-order chi connectivity index (χ0) is 51.9. The SMILES string of the molecule is CCCCc1ccc(Br)cc1.CCCCc1ccc(N2c3ccc(Br)cc3Cc3cc(Br)ccc32)cc1.CCCCc1ccc(N2c3ccccc3Cc3ccccc32)cc1.c1ccc2c(c1)Cc1ccccc1N2. The maximum absolute atomic E-state index is 3.63. The summed E-state index contributed by atoms with van der Waals surface area (Å²) in [4.78, 5) is 4.79. The standard InChI is InChI=1S/C23H21Br2N.C23H23N.C13H11N.C10H13Br/c1-2-3-4-16-5-9-21(10-6-16)26-22-11-7-19(24)14-17(22)13-18-15-20(25)8-12-23(18)26;1-2-3-8-18-13-15-21(16-14-18)24-22-11-6-4-9-19(22)17-20-10-5-7-12-23(20)24;1-3-7-12-10(5-1)9-11-6-2-4-8-13(11)14-12;1-2-3-4-9-5-7-10(11)8-6-9/h5-12,14-15H,2-4,13H2,1H3;4-7,9-16H,2-3,8,17H2,1H3;1-8,14H,9H2;5-8H,2-4H2,1H3. The second-order valence-corrected chi connectivity index (χ2v) is 22.5. The van der Waals surface area contributed by atoms with Crippen LogP contribution >= 0.6 is 47.8 Å². The molecule has 0 fully saturated rings. The molecule has 3 aliphatic rings. The fraction of sp³-hybridized carbons (Fsp3) is 0.217. The third-order valence-corrected chi connectivity index (χ3v) is 15.8. The lowest BCUT2D eigenvalue weighted by Crippen LogP contribution is -2.18. The zero-order valence-electron chi connectivity index (χ0n) is 43.6. The predicted molar refractivity (Wildman–Crippen MR) is 332 cm³/mol. The van der Waals surface area contributed by atoms with Crippen LogP contribution in [0, 0.1) is 0 Å². The minimum absolute atomic E-state index is 0.953. The topological polar surface area (TPSA) is 18.5 Å². The molecule has 3 heterocycles. The Balaban J connectivity index is 0.000000129. The lowest BCUT2D eigenvalue weighted by Gasteiger charge is -2.34. The van der Waals surface area contributed by atoms with E-state index in [-0.39, 0.29) is 0 Å². The van der Waals surface area contributed by atoms with Crippen molar-refractivity contribution in [3.05, 3.63) is 270 Å². The first-order chi connectivity index (χ1) is 36.8. The van der Waals surface area contributed by atoms with Gasteiger partial charge in [-0.15, -0.1) is 0 Å². The summed E-state index contributed by atoms with van der Waals surface area (Å²) >= 11 is 10.7. The summed E-state index contributed by atoms with van der Waals surface area (Å²) in [6, 6.07) is 74.3. The highest BCUT2D eigenvalue weighted by molar-refractivity contribution is 9.11. The molecular weight excluding hydrogens is 1110 g/mol. The van der Waals surface area contributed by atoms with Crippen LogP contribution in [0.2, 0.25) is 0 Å². The first-order valence-corrected chi connectivity index (χ1v) is 29.3. The van der Waals surface area contributed by atoms with Crippen LogP contribution in [0.3, 0.4) is 0 Å². The van der Waals surface area contributed by atoms with Crippen LogP contribution in [-0.2, 0) is 38.5 Å². The second kappa shape index (κ2) is 26.5. The van der Waals surface area contributed by atoms with E-state index in [9.17, 15) is 0 Å². The van der Waals surface area contributed by atoms with Gasteiger partial charge in [0.2, 0.25) is 0 Å². The molecule has 6 heteroatoms. The molecule has 0 aromatic heterocycles. The molecule has 9 aromatic rings. The van der Waals surface area contributed by atoms with Crippen molar-refractivity contribution >= 4 is 93.3 Å². The second-order valence-electron chi connectivity index (χ2n) is 19.7. The molecule has 0 saturated heterocycles. The quantitative estimate of drug-likeness (QED) is 0.139. The number of fused-ring (bicyclic) bond motifs is 6. The number of hydrogen-bond acceptors (Lipinski definition) is 3. The number of halogens is 3. The molecule has 0 unspecified atom stereocenters. The smallest absolute Gasteiger partial charge is 0.0497 e. The minimum Gasteiger partial charge on any atom is -0.355 e. The van der Waals surface area contributed by atoms with Crippen LogP contribution in [0.4, 0.5) is 45.5 Å². The van der Waals surface area contributed by atoms with Crippen LogP contribution in [0.25, 0.3) is 0 Å². The van der Waals surface area contributed by atoms with Crippen molar-refractivity contribution in [2.75, 3.05) is 15.1 Å². The number of para-hydroxylation sites is 4. The number of hydrogen-bond donors (Lipinski definition) is 1. The Morgan fingerprint density at radius 1 is 0.333 bits per heavy atom. The molecule has 380 valence electrons. The number of nitrogens with zero attached hydrogens (tertiary/aromatic N) is 2. The van der Waals surface area contributed by atoms with Gasteiger partial charge in [-0.25, -0.2) is 0 Å². The van der Waals surface area contributed by atoms with Crippen LogP contribution in [-0.4, -0.2) is 0 Å². The Bertz CT molecular complexity index is 3090. The normalized spacial score (nSPS) is 12.2. The summed E-state index contributed by atoms with van der Waals surface area (Å²) in [5.74, 6) is 0. The fourth-order valence-corrected chi connectivity index (χ4v) is 11.3. The van der Waals surface area contributed by atoms with Crippen molar-refractivity contribution in [2.45, 2.75) is 97.8 Å². The Morgan fingerprint density at radius 3 is 1.07 bits per heavy atom. The van der Waals surface area contributed by atoms with E-state index in [1.165, 1.54) is 147 Å². The van der Waals surface area contributed by atoms with E-state index in [1.54, 1.807) is 0 Å². The summed E-state index contributed by atoms with van der Waals surface area (Å²) in [7, 11) is 0. The van der Waals surface area contributed by atoms with E-state index in [0.29, 0.717) is 0 Å². The summed E-state index contributed by atoms with van der Waals surface area (Å²) in [6.07, 6.45) is 14.1. The Kier molecular flexibility index (Phi) is 19.0. The van der Waals surface area contributed by atoms with E-state index in [0.717, 1.165) is 39.1 Å². The summed E-state index contributed by atoms with van der Waals surface area (Å²) in [5.41, 5.74) is 22.6. The number of nitrogens with one attached hydrogen (secondary N) is 1. The summed E-state index contributed by atoms with van der Waals surface area (Å²) in [5, 5.41) is 3.44. The fourth-order valence-electron chi connectivity index (χ4n) is 10.2. The Morgan fingerprint density at radius 2 is 0.653 bits per heavy atom. The highest BCUT2D eigenvalue weighted by Crippen LogP contribution is 2.46. The van der Waals surface area contributed by atoms with Gasteiger partial charge in [-0.05, 0) is 186 Å². The van der Waals surface area contributed by atoms with Gasteiger partial charge in [-0.3, -0.25) is 0 Å². The highest BCUT2D eigenvalue weighted by atomic mass is 79.9. The minimum atomic E-state index is 0.953.